The molecule has 0 atom stereocenters. The molecule has 0 radical (unpaired) electrons. The van der Waals surface area contributed by atoms with Gasteiger partial charge in [0.05, 0.1) is 13.1 Å². The summed E-state index contributed by atoms with van der Waals surface area (Å²) < 4.78 is 30.7. The maximum Gasteiger partial charge on any atom is 0.277 e. The Labute approximate surface area is 124 Å². The van der Waals surface area contributed by atoms with Crippen LogP contribution in [0.5, 0.6) is 0 Å². The number of nitrogens with one attached hydrogen (secondary N) is 1. The number of rotatable bonds is 7. The normalized spacial score (nSPS) is 11.4. The molecular weight excluding hydrogens is 296 g/mol. The topological polar surface area (TPSA) is 107 Å². The number of hydrogen-bond donors (Lipinski definition) is 2. The molecule has 0 bridgehead atoms. The average Bonchev–Trinajstić information content (AvgIpc) is 3.01. The fourth-order valence-electron chi connectivity index (χ4n) is 1.56. The van der Waals surface area contributed by atoms with Crippen LogP contribution in [0, 0.1) is 0 Å². The summed E-state index contributed by atoms with van der Waals surface area (Å²) in [7, 11) is 0. The largest absolute Gasteiger partial charge is 0.350 e. The summed E-state index contributed by atoms with van der Waals surface area (Å²) in [5.74, 6) is -3.09. The van der Waals surface area contributed by atoms with Crippen LogP contribution < -0.4 is 11.1 Å². The summed E-state index contributed by atoms with van der Waals surface area (Å²) in [5, 5.41) is 5.86. The van der Waals surface area contributed by atoms with E-state index >= 15 is 0 Å². The van der Waals surface area contributed by atoms with E-state index in [1.807, 2.05) is 0 Å². The molecule has 118 valence electrons. The molecule has 0 aliphatic carbocycles. The first-order valence-electron chi connectivity index (χ1n) is 6.59. The second-order valence-electron chi connectivity index (χ2n) is 4.56. The van der Waals surface area contributed by atoms with E-state index in [1.54, 1.807) is 24.4 Å². The maximum absolute atomic E-state index is 12.9. The Kier molecular flexibility index (Phi) is 5.10. The maximum atomic E-state index is 12.9. The number of aryl methyl sites for hydroxylation is 1. The molecule has 2 rings (SSSR count). The van der Waals surface area contributed by atoms with Crippen molar-refractivity contribution >= 4 is 5.91 Å². The summed E-state index contributed by atoms with van der Waals surface area (Å²) in [6.45, 7) is -1.60. The molecule has 0 fully saturated rings. The summed E-state index contributed by atoms with van der Waals surface area (Å²) in [4.78, 5) is 19.6. The van der Waals surface area contributed by atoms with Gasteiger partial charge in [-0.3, -0.25) is 9.78 Å². The van der Waals surface area contributed by atoms with Gasteiger partial charge in [-0.25, -0.2) is 8.78 Å². The van der Waals surface area contributed by atoms with Gasteiger partial charge in [0.25, 0.3) is 5.92 Å². The standard InChI is InChI=1S/C13H15F2N5O2/c14-13(15,7-16)8-18-10(21)4-5-11-19-12(20-22-11)9-3-1-2-6-17-9/h1-3,6H,4-5,7-8,16H2,(H,18,21). The molecule has 0 saturated heterocycles. The Morgan fingerprint density at radius 1 is 1.41 bits per heavy atom. The van der Waals surface area contributed by atoms with Gasteiger partial charge in [-0.15, -0.1) is 0 Å². The third-order valence-electron chi connectivity index (χ3n) is 2.77. The second-order valence-corrected chi connectivity index (χ2v) is 4.56. The molecule has 3 N–H and O–H groups in total. The van der Waals surface area contributed by atoms with Crippen molar-refractivity contribution in [2.24, 2.45) is 5.73 Å². The minimum atomic E-state index is -3.10. The highest BCUT2D eigenvalue weighted by Crippen LogP contribution is 2.13. The highest BCUT2D eigenvalue weighted by molar-refractivity contribution is 5.76. The number of carbonyl (C=O) groups is 1. The molecule has 0 aromatic carbocycles. The van der Waals surface area contributed by atoms with Gasteiger partial charge >= 0.3 is 0 Å². The smallest absolute Gasteiger partial charge is 0.277 e. The number of aromatic nitrogens is 3. The van der Waals surface area contributed by atoms with E-state index in [-0.39, 0.29) is 18.7 Å². The second kappa shape index (κ2) is 7.03. The van der Waals surface area contributed by atoms with E-state index in [9.17, 15) is 13.6 Å². The Hall–Kier alpha value is -2.42. The van der Waals surface area contributed by atoms with E-state index in [1.165, 1.54) is 0 Å². The van der Waals surface area contributed by atoms with Crippen molar-refractivity contribution in [2.45, 2.75) is 18.8 Å². The monoisotopic (exact) mass is 311 g/mol. The van der Waals surface area contributed by atoms with Crippen molar-refractivity contribution in [1.29, 1.82) is 0 Å². The molecule has 2 aromatic heterocycles. The molecule has 22 heavy (non-hydrogen) atoms. The Morgan fingerprint density at radius 2 is 2.23 bits per heavy atom. The number of pyridine rings is 1. The van der Waals surface area contributed by atoms with E-state index < -0.39 is 24.9 Å². The van der Waals surface area contributed by atoms with Gasteiger partial charge in [0.2, 0.25) is 17.6 Å². The number of amides is 1. The fourth-order valence-corrected chi connectivity index (χ4v) is 1.56. The SMILES string of the molecule is NCC(F)(F)CNC(=O)CCc1nc(-c2ccccn2)no1. The molecule has 2 heterocycles. The van der Waals surface area contributed by atoms with Gasteiger partial charge in [-0.1, -0.05) is 11.2 Å². The summed E-state index contributed by atoms with van der Waals surface area (Å²) in [6.07, 6.45) is 1.71. The molecule has 0 aliphatic heterocycles. The molecule has 2 aromatic rings. The first kappa shape index (κ1) is 16.0. The van der Waals surface area contributed by atoms with Crippen molar-refractivity contribution in [3.8, 4) is 11.5 Å². The molecule has 0 aliphatic rings. The number of nitrogens with two attached hydrogens (primary N) is 1. The van der Waals surface area contributed by atoms with Gasteiger partial charge in [-0.2, -0.15) is 4.98 Å². The minimum absolute atomic E-state index is 0.0372. The highest BCUT2D eigenvalue weighted by Gasteiger charge is 2.27. The predicted molar refractivity (Wildman–Crippen MR) is 72.9 cm³/mol. The summed E-state index contributed by atoms with van der Waals surface area (Å²) >= 11 is 0. The number of alkyl halides is 2. The number of halogens is 2. The van der Waals surface area contributed by atoms with Gasteiger partial charge < -0.3 is 15.6 Å². The Morgan fingerprint density at radius 3 is 2.91 bits per heavy atom. The quantitative estimate of drug-likeness (QED) is 0.782. The van der Waals surface area contributed by atoms with Crippen molar-refractivity contribution < 1.29 is 18.1 Å². The first-order valence-corrected chi connectivity index (χ1v) is 6.59. The molecule has 0 spiro atoms. The van der Waals surface area contributed by atoms with Crippen molar-refractivity contribution in [2.75, 3.05) is 13.1 Å². The molecule has 1 amide bonds. The zero-order chi connectivity index (χ0) is 16.0. The van der Waals surface area contributed by atoms with E-state index in [0.29, 0.717) is 11.5 Å². The zero-order valence-electron chi connectivity index (χ0n) is 11.6. The van der Waals surface area contributed by atoms with Crippen molar-refractivity contribution in [1.82, 2.24) is 20.4 Å². The lowest BCUT2D eigenvalue weighted by molar-refractivity contribution is -0.122. The summed E-state index contributed by atoms with van der Waals surface area (Å²) in [5.41, 5.74) is 5.42. The Bertz CT molecular complexity index is 618. The van der Waals surface area contributed by atoms with Gasteiger partial charge in [0.15, 0.2) is 0 Å². The third kappa shape index (κ3) is 4.55. The lowest BCUT2D eigenvalue weighted by atomic mass is 10.2. The van der Waals surface area contributed by atoms with Crippen LogP contribution >= 0.6 is 0 Å². The molecule has 0 saturated carbocycles. The average molecular weight is 311 g/mol. The van der Waals surface area contributed by atoms with Crippen LogP contribution in [0.3, 0.4) is 0 Å². The van der Waals surface area contributed by atoms with E-state index in [0.717, 1.165) is 0 Å². The summed E-state index contributed by atoms with van der Waals surface area (Å²) in [6, 6.07) is 5.26. The van der Waals surface area contributed by atoms with Crippen LogP contribution in [0.4, 0.5) is 8.78 Å². The van der Waals surface area contributed by atoms with Gasteiger partial charge in [0, 0.05) is 19.0 Å². The van der Waals surface area contributed by atoms with Crippen LogP contribution in [0.1, 0.15) is 12.3 Å². The van der Waals surface area contributed by atoms with Gasteiger partial charge in [0.1, 0.15) is 5.69 Å². The predicted octanol–water partition coefficient (Wildman–Crippen LogP) is 0.774. The molecule has 0 unspecified atom stereocenters. The van der Waals surface area contributed by atoms with Crippen LogP contribution in [-0.4, -0.2) is 40.0 Å². The van der Waals surface area contributed by atoms with E-state index in [2.05, 4.69) is 20.4 Å². The fraction of sp³-hybridized carbons (Fsp3) is 0.385. The lowest BCUT2D eigenvalue weighted by Crippen LogP contribution is -2.41. The zero-order valence-corrected chi connectivity index (χ0v) is 11.6. The number of nitrogens with zero attached hydrogens (tertiary/aromatic N) is 3. The van der Waals surface area contributed by atoms with Crippen LogP contribution in [0.15, 0.2) is 28.9 Å². The van der Waals surface area contributed by atoms with Crippen LogP contribution in [0.25, 0.3) is 11.5 Å². The lowest BCUT2D eigenvalue weighted by Gasteiger charge is -2.14. The number of carbonyl (C=O) groups excluding carboxylic acids is 1. The Balaban J connectivity index is 1.83. The first-order chi connectivity index (χ1) is 10.5. The third-order valence-corrected chi connectivity index (χ3v) is 2.77. The van der Waals surface area contributed by atoms with E-state index in [4.69, 9.17) is 10.3 Å². The highest BCUT2D eigenvalue weighted by atomic mass is 19.3. The minimum Gasteiger partial charge on any atom is -0.350 e. The van der Waals surface area contributed by atoms with Gasteiger partial charge in [-0.05, 0) is 12.1 Å². The molecular formula is C13H15F2N5O2. The van der Waals surface area contributed by atoms with Crippen LogP contribution in [0.2, 0.25) is 0 Å². The van der Waals surface area contributed by atoms with Crippen LogP contribution in [-0.2, 0) is 11.2 Å². The number of hydrogen-bond acceptors (Lipinski definition) is 6. The molecule has 9 heteroatoms. The molecule has 7 nitrogen and oxygen atoms in total. The van der Waals surface area contributed by atoms with Crippen molar-refractivity contribution in [3.05, 3.63) is 30.3 Å². The van der Waals surface area contributed by atoms with Crippen molar-refractivity contribution in [3.63, 3.8) is 0 Å².